The van der Waals surface area contributed by atoms with E-state index in [0.29, 0.717) is 6.42 Å². The third-order valence-electron chi connectivity index (χ3n) is 3.15. The Balaban J connectivity index is 2.25. The van der Waals surface area contributed by atoms with E-state index in [9.17, 15) is 9.59 Å². The standard InChI is InChI=1S/C19H25NO4/c1-3-5-6-10-13-17(4-2)24-18(21)14-20-19(22)23-15-16-11-8-7-9-12-16/h7-9,11-12,17H,3-6,14-15H2,1-2H3,(H,20,22). The van der Waals surface area contributed by atoms with Crippen LogP contribution in [-0.4, -0.2) is 24.7 Å². The first kappa shape index (κ1) is 19.6. The van der Waals surface area contributed by atoms with Gasteiger partial charge >= 0.3 is 12.1 Å². The van der Waals surface area contributed by atoms with Crippen molar-refractivity contribution in [3.05, 3.63) is 35.9 Å². The van der Waals surface area contributed by atoms with Crippen molar-refractivity contribution >= 4 is 12.1 Å². The number of esters is 1. The fourth-order valence-corrected chi connectivity index (χ4v) is 1.78. The lowest BCUT2D eigenvalue weighted by atomic mass is 10.2. The minimum atomic E-state index is -0.655. The average molecular weight is 331 g/mol. The third-order valence-corrected chi connectivity index (χ3v) is 3.15. The van der Waals surface area contributed by atoms with Crippen LogP contribution in [0.25, 0.3) is 0 Å². The third kappa shape index (κ3) is 8.84. The maximum Gasteiger partial charge on any atom is 0.407 e. The lowest BCUT2D eigenvalue weighted by Gasteiger charge is -2.11. The molecule has 1 amide bonds. The Morgan fingerprint density at radius 1 is 1.21 bits per heavy atom. The van der Waals surface area contributed by atoms with Gasteiger partial charge in [0.25, 0.3) is 0 Å². The summed E-state index contributed by atoms with van der Waals surface area (Å²) in [4.78, 5) is 23.3. The Kier molecular flexibility index (Phi) is 9.79. The molecule has 0 spiro atoms. The van der Waals surface area contributed by atoms with Crippen LogP contribution in [0.1, 0.15) is 45.1 Å². The van der Waals surface area contributed by atoms with Crippen LogP contribution < -0.4 is 5.32 Å². The van der Waals surface area contributed by atoms with Gasteiger partial charge in [0.05, 0.1) is 0 Å². The van der Waals surface area contributed by atoms with Crippen molar-refractivity contribution < 1.29 is 19.1 Å². The number of unbranched alkanes of at least 4 members (excludes halogenated alkanes) is 2. The Hall–Kier alpha value is -2.48. The molecule has 1 atom stereocenters. The van der Waals surface area contributed by atoms with Gasteiger partial charge in [0, 0.05) is 6.42 Å². The van der Waals surface area contributed by atoms with E-state index in [2.05, 4.69) is 24.1 Å². The molecule has 0 aliphatic heterocycles. The summed E-state index contributed by atoms with van der Waals surface area (Å²) in [7, 11) is 0. The molecule has 5 heteroatoms. The second-order valence-corrected chi connectivity index (χ2v) is 5.23. The number of carbonyl (C=O) groups excluding carboxylic acids is 2. The first-order valence-electron chi connectivity index (χ1n) is 8.28. The summed E-state index contributed by atoms with van der Waals surface area (Å²) >= 11 is 0. The topological polar surface area (TPSA) is 64.6 Å². The lowest BCUT2D eigenvalue weighted by Crippen LogP contribution is -2.32. The second kappa shape index (κ2) is 12.0. The largest absolute Gasteiger partial charge is 0.448 e. The van der Waals surface area contributed by atoms with Crippen molar-refractivity contribution in [2.24, 2.45) is 0 Å². The molecule has 0 aromatic heterocycles. The van der Waals surface area contributed by atoms with E-state index < -0.39 is 18.2 Å². The van der Waals surface area contributed by atoms with Crippen molar-refractivity contribution in [1.82, 2.24) is 5.32 Å². The Morgan fingerprint density at radius 2 is 1.96 bits per heavy atom. The Labute approximate surface area is 143 Å². The van der Waals surface area contributed by atoms with Crippen molar-refractivity contribution in [3.8, 4) is 11.8 Å². The molecule has 5 nitrogen and oxygen atoms in total. The van der Waals surface area contributed by atoms with E-state index in [4.69, 9.17) is 9.47 Å². The molecule has 130 valence electrons. The summed E-state index contributed by atoms with van der Waals surface area (Å²) in [6.45, 7) is 3.92. The van der Waals surface area contributed by atoms with Gasteiger partial charge in [0.1, 0.15) is 13.2 Å². The van der Waals surface area contributed by atoms with E-state index in [1.54, 1.807) is 0 Å². The number of hydrogen-bond donors (Lipinski definition) is 1. The van der Waals surface area contributed by atoms with E-state index in [0.717, 1.165) is 24.8 Å². The Bertz CT molecular complexity index is 560. The van der Waals surface area contributed by atoms with Gasteiger partial charge in [0.2, 0.25) is 0 Å². The minimum absolute atomic E-state index is 0.155. The second-order valence-electron chi connectivity index (χ2n) is 5.23. The highest BCUT2D eigenvalue weighted by molar-refractivity contribution is 5.78. The fourth-order valence-electron chi connectivity index (χ4n) is 1.78. The number of amides is 1. The maximum absolute atomic E-state index is 11.7. The van der Waals surface area contributed by atoms with Crippen LogP contribution in [0.2, 0.25) is 0 Å². The van der Waals surface area contributed by atoms with Gasteiger partial charge in [-0.25, -0.2) is 4.79 Å². The molecule has 1 unspecified atom stereocenters. The van der Waals surface area contributed by atoms with Crippen molar-refractivity contribution in [2.75, 3.05) is 6.54 Å². The smallest absolute Gasteiger partial charge is 0.407 e. The molecule has 0 radical (unpaired) electrons. The minimum Gasteiger partial charge on any atom is -0.448 e. The molecule has 1 rings (SSSR count). The molecule has 1 N–H and O–H groups in total. The van der Waals surface area contributed by atoms with Crippen molar-refractivity contribution in [2.45, 2.75) is 52.2 Å². The zero-order chi connectivity index (χ0) is 17.6. The molecular formula is C19H25NO4. The number of carbonyl (C=O) groups is 2. The van der Waals surface area contributed by atoms with Gasteiger partial charge in [-0.15, -0.1) is 0 Å². The van der Waals surface area contributed by atoms with Gasteiger partial charge in [0.15, 0.2) is 6.10 Å². The Morgan fingerprint density at radius 3 is 2.62 bits per heavy atom. The van der Waals surface area contributed by atoms with Gasteiger partial charge in [-0.2, -0.15) is 0 Å². The highest BCUT2D eigenvalue weighted by Crippen LogP contribution is 2.01. The highest BCUT2D eigenvalue weighted by atomic mass is 16.6. The quantitative estimate of drug-likeness (QED) is 0.450. The maximum atomic E-state index is 11.7. The summed E-state index contributed by atoms with van der Waals surface area (Å²) in [5.74, 6) is 5.41. The molecular weight excluding hydrogens is 306 g/mol. The molecule has 0 heterocycles. The van der Waals surface area contributed by atoms with Gasteiger partial charge in [-0.3, -0.25) is 4.79 Å². The number of hydrogen-bond acceptors (Lipinski definition) is 4. The molecule has 0 saturated heterocycles. The van der Waals surface area contributed by atoms with Gasteiger partial charge in [-0.05, 0) is 18.4 Å². The molecule has 0 fully saturated rings. The first-order chi connectivity index (χ1) is 11.7. The van der Waals surface area contributed by atoms with Gasteiger partial charge < -0.3 is 14.8 Å². The SMILES string of the molecule is CCCCC#CC(CC)OC(=O)CNC(=O)OCc1ccccc1. The van der Waals surface area contributed by atoms with E-state index in [1.807, 2.05) is 37.3 Å². The molecule has 1 aromatic carbocycles. The molecule has 1 aromatic rings. The monoisotopic (exact) mass is 331 g/mol. The van der Waals surface area contributed by atoms with Crippen LogP contribution >= 0.6 is 0 Å². The van der Waals surface area contributed by atoms with Crippen LogP contribution in [0.3, 0.4) is 0 Å². The van der Waals surface area contributed by atoms with Crippen LogP contribution in [0, 0.1) is 11.8 Å². The molecule has 24 heavy (non-hydrogen) atoms. The number of alkyl carbamates (subject to hydrolysis) is 1. The van der Waals surface area contributed by atoms with Crippen LogP contribution in [0.5, 0.6) is 0 Å². The first-order valence-corrected chi connectivity index (χ1v) is 8.28. The van der Waals surface area contributed by atoms with Crippen LogP contribution in [0.4, 0.5) is 4.79 Å². The lowest BCUT2D eigenvalue weighted by molar-refractivity contribution is -0.145. The average Bonchev–Trinajstić information content (AvgIpc) is 2.61. The highest BCUT2D eigenvalue weighted by Gasteiger charge is 2.12. The number of rotatable bonds is 8. The number of nitrogens with one attached hydrogen (secondary N) is 1. The predicted molar refractivity (Wildman–Crippen MR) is 92.1 cm³/mol. The van der Waals surface area contributed by atoms with Crippen LogP contribution in [-0.2, 0) is 20.9 Å². The zero-order valence-electron chi connectivity index (χ0n) is 14.3. The normalized spacial score (nSPS) is 10.9. The van der Waals surface area contributed by atoms with Gasteiger partial charge in [-0.1, -0.05) is 62.4 Å². The van der Waals surface area contributed by atoms with E-state index in [1.165, 1.54) is 0 Å². The van der Waals surface area contributed by atoms with Crippen molar-refractivity contribution in [3.63, 3.8) is 0 Å². The summed E-state index contributed by atoms with van der Waals surface area (Å²) < 4.78 is 10.2. The molecule has 0 aliphatic carbocycles. The summed E-state index contributed by atoms with van der Waals surface area (Å²) in [6.07, 6.45) is 2.44. The molecule has 0 saturated carbocycles. The molecule has 0 aliphatic rings. The number of benzene rings is 1. The number of ether oxygens (including phenoxy) is 2. The molecule has 0 bridgehead atoms. The van der Waals surface area contributed by atoms with E-state index in [-0.39, 0.29) is 13.2 Å². The summed E-state index contributed by atoms with van der Waals surface area (Å²) in [6, 6.07) is 9.31. The fraction of sp³-hybridized carbons (Fsp3) is 0.474. The predicted octanol–water partition coefficient (Wildman–Crippen LogP) is 3.43. The zero-order valence-corrected chi connectivity index (χ0v) is 14.3. The van der Waals surface area contributed by atoms with Crippen molar-refractivity contribution in [1.29, 1.82) is 0 Å². The van der Waals surface area contributed by atoms with Crippen LogP contribution in [0.15, 0.2) is 30.3 Å². The summed E-state index contributed by atoms with van der Waals surface area (Å²) in [5, 5.41) is 2.37. The summed E-state index contributed by atoms with van der Waals surface area (Å²) in [5.41, 5.74) is 0.878. The van der Waals surface area contributed by atoms with E-state index >= 15 is 0 Å².